The van der Waals surface area contributed by atoms with Crippen LogP contribution in [0.4, 0.5) is 0 Å². The number of ether oxygens (including phenoxy) is 2. The smallest absolute Gasteiger partial charge is 0.246 e. The molecule has 0 spiro atoms. The van der Waals surface area contributed by atoms with Crippen molar-refractivity contribution in [3.8, 4) is 33.6 Å². The average Bonchev–Trinajstić information content (AvgIpc) is 4.03. The molecule has 0 saturated carbocycles. The number of likely N-dealkylation sites (N-methyl/N-ethyl adjacent to an activating group) is 1. The molecule has 4 aliphatic heterocycles. The largest absolute Gasteiger partial charge is 0.344 e. The number of nitrogens with one attached hydrogen (secondary N) is 4. The lowest BCUT2D eigenvalue weighted by Crippen LogP contribution is -2.56. The minimum Gasteiger partial charge on any atom is -0.344 e. The van der Waals surface area contributed by atoms with E-state index in [1.165, 1.54) is 0 Å². The van der Waals surface area contributed by atoms with E-state index in [0.717, 1.165) is 90.0 Å². The van der Waals surface area contributed by atoms with E-state index in [1.807, 2.05) is 43.1 Å². The molecule has 4 aromatic rings. The molecule has 2 amide bonds. The van der Waals surface area contributed by atoms with Gasteiger partial charge in [0.15, 0.2) is 12.8 Å². The first-order chi connectivity index (χ1) is 27.1. The third-order valence-corrected chi connectivity index (χ3v) is 11.6. The summed E-state index contributed by atoms with van der Waals surface area (Å²) in [5.74, 6) is 2.75. The van der Waals surface area contributed by atoms with Gasteiger partial charge in [0.25, 0.3) is 0 Å². The third kappa shape index (κ3) is 7.69. The van der Waals surface area contributed by atoms with Gasteiger partial charge >= 0.3 is 0 Å². The Balaban J connectivity index is 0.906. The number of carbonyl (C=O) groups is 2. The Bertz CT molecular complexity index is 2020. The van der Waals surface area contributed by atoms with Crippen LogP contribution in [-0.4, -0.2) is 111 Å². The summed E-state index contributed by atoms with van der Waals surface area (Å²) in [6, 6.07) is 16.0. The third-order valence-electron chi connectivity index (χ3n) is 11.6. The number of rotatable bonds is 12. The highest BCUT2D eigenvalue weighted by Gasteiger charge is 2.39. The zero-order chi connectivity index (χ0) is 38.9. The maximum Gasteiger partial charge on any atom is 0.246 e. The molecule has 0 radical (unpaired) electrons. The Labute approximate surface area is 328 Å². The van der Waals surface area contributed by atoms with Crippen LogP contribution >= 0.6 is 0 Å². The molecule has 3 saturated heterocycles. The Morgan fingerprint density at radius 3 is 1.62 bits per heavy atom. The van der Waals surface area contributed by atoms with Crippen LogP contribution in [0.1, 0.15) is 77.1 Å². The summed E-state index contributed by atoms with van der Waals surface area (Å²) in [6.45, 7) is 11.5. The highest BCUT2D eigenvalue weighted by Crippen LogP contribution is 2.35. The molecule has 8 rings (SSSR count). The summed E-state index contributed by atoms with van der Waals surface area (Å²) in [5, 5.41) is 6.64. The molecule has 296 valence electrons. The number of H-pyrrole nitrogens is 2. The van der Waals surface area contributed by atoms with E-state index in [4.69, 9.17) is 19.4 Å². The van der Waals surface area contributed by atoms with Crippen LogP contribution in [0, 0.1) is 11.8 Å². The summed E-state index contributed by atoms with van der Waals surface area (Å²) in [6.07, 6.45) is 6.80. The molecule has 2 aromatic carbocycles. The number of aromatic nitrogens is 4. The second-order valence-corrected chi connectivity index (χ2v) is 16.1. The van der Waals surface area contributed by atoms with Gasteiger partial charge < -0.3 is 39.5 Å². The van der Waals surface area contributed by atoms with Gasteiger partial charge in [-0.2, -0.15) is 0 Å². The SMILES string of the molecule is CC(C)[C@H](NC1=NCCN1C)C(=O)N1CCC[C@H]1c1ncc(-c2ccc(-c3ccc(-c4cnc([C@@H]5CCCN5C(=O)[C@@H](NC5OCO5)C(C)C)[nH]4)cc3)cc2)[nH]1. The summed E-state index contributed by atoms with van der Waals surface area (Å²) in [5.41, 5.74) is 6.12. The predicted molar refractivity (Wildman–Crippen MR) is 214 cm³/mol. The van der Waals surface area contributed by atoms with E-state index >= 15 is 0 Å². The first-order valence-electron chi connectivity index (χ1n) is 20.1. The number of carbonyl (C=O) groups excluding carboxylic acids is 2. The molecule has 0 bridgehead atoms. The maximum atomic E-state index is 13.9. The monoisotopic (exact) mass is 762 g/mol. The lowest BCUT2D eigenvalue weighted by Gasteiger charge is -2.35. The number of benzene rings is 2. The summed E-state index contributed by atoms with van der Waals surface area (Å²) < 4.78 is 10.7. The van der Waals surface area contributed by atoms with Crippen molar-refractivity contribution >= 4 is 17.8 Å². The number of aliphatic imine (C=N–C) groups is 1. The second kappa shape index (κ2) is 16.2. The van der Waals surface area contributed by atoms with E-state index in [9.17, 15) is 9.59 Å². The first kappa shape index (κ1) is 37.9. The molecule has 6 heterocycles. The van der Waals surface area contributed by atoms with Gasteiger partial charge in [-0.05, 0) is 59.8 Å². The van der Waals surface area contributed by atoms with Gasteiger partial charge in [-0.1, -0.05) is 76.2 Å². The fourth-order valence-electron chi connectivity index (χ4n) is 8.25. The Kier molecular flexibility index (Phi) is 11.0. The zero-order valence-corrected chi connectivity index (χ0v) is 33.0. The predicted octanol–water partition coefficient (Wildman–Crippen LogP) is 5.28. The van der Waals surface area contributed by atoms with E-state index in [1.54, 1.807) is 0 Å². The second-order valence-electron chi connectivity index (χ2n) is 16.1. The number of hydrogen-bond acceptors (Lipinski definition) is 10. The Morgan fingerprint density at radius 2 is 1.20 bits per heavy atom. The number of imidazole rings is 2. The van der Waals surface area contributed by atoms with Gasteiger partial charge in [0.05, 0.1) is 48.5 Å². The van der Waals surface area contributed by atoms with Gasteiger partial charge in [0, 0.05) is 26.7 Å². The molecule has 14 nitrogen and oxygen atoms in total. The number of likely N-dealkylation sites (tertiary alicyclic amines) is 2. The molecule has 4 N–H and O–H groups in total. The number of hydrogen-bond donors (Lipinski definition) is 4. The van der Waals surface area contributed by atoms with Gasteiger partial charge in [0.2, 0.25) is 18.2 Å². The lowest BCUT2D eigenvalue weighted by molar-refractivity contribution is -0.335. The van der Waals surface area contributed by atoms with Crippen molar-refractivity contribution in [3.63, 3.8) is 0 Å². The number of guanidine groups is 1. The van der Waals surface area contributed by atoms with Gasteiger partial charge in [-0.3, -0.25) is 19.9 Å². The summed E-state index contributed by atoms with van der Waals surface area (Å²) >= 11 is 0. The van der Waals surface area contributed by atoms with Crippen LogP contribution in [0.5, 0.6) is 0 Å². The van der Waals surface area contributed by atoms with E-state index in [-0.39, 0.29) is 48.6 Å². The molecule has 3 fully saturated rings. The van der Waals surface area contributed by atoms with Crippen molar-refractivity contribution in [2.45, 2.75) is 84.0 Å². The number of amides is 2. The van der Waals surface area contributed by atoms with Crippen molar-refractivity contribution in [1.82, 2.24) is 45.3 Å². The minimum absolute atomic E-state index is 0.0439. The van der Waals surface area contributed by atoms with Crippen LogP contribution in [0.2, 0.25) is 0 Å². The summed E-state index contributed by atoms with van der Waals surface area (Å²) in [4.78, 5) is 54.7. The molecule has 4 atom stereocenters. The van der Waals surface area contributed by atoms with E-state index < -0.39 is 12.5 Å². The maximum absolute atomic E-state index is 13.9. The zero-order valence-electron chi connectivity index (χ0n) is 33.0. The van der Waals surface area contributed by atoms with Gasteiger partial charge in [-0.15, -0.1) is 0 Å². The molecule has 4 aliphatic rings. The topological polar surface area (TPSA) is 156 Å². The van der Waals surface area contributed by atoms with Crippen molar-refractivity contribution in [2.24, 2.45) is 16.8 Å². The molecular formula is C42H54N10O4. The first-order valence-corrected chi connectivity index (χ1v) is 20.1. The molecule has 0 unspecified atom stereocenters. The average molecular weight is 763 g/mol. The van der Waals surface area contributed by atoms with Crippen molar-refractivity contribution < 1.29 is 19.1 Å². The quantitative estimate of drug-likeness (QED) is 0.151. The number of nitrogens with zero attached hydrogens (tertiary/aromatic N) is 6. The highest BCUT2D eigenvalue weighted by atomic mass is 16.9. The Morgan fingerprint density at radius 1 is 0.714 bits per heavy atom. The minimum atomic E-state index is -0.535. The molecule has 14 heteroatoms. The van der Waals surface area contributed by atoms with Crippen LogP contribution in [0.3, 0.4) is 0 Å². The Hall–Kier alpha value is -5.05. The van der Waals surface area contributed by atoms with E-state index in [0.29, 0.717) is 13.1 Å². The fraction of sp³-hybridized carbons (Fsp3) is 0.500. The molecule has 56 heavy (non-hydrogen) atoms. The van der Waals surface area contributed by atoms with Crippen molar-refractivity contribution in [3.05, 3.63) is 72.6 Å². The standard InChI is InChI=1S/C42H54N10O4/c1-25(2)35(48-41-43-18-21-50(41)5)39(53)51-19-6-8-33(51)37-44-22-31(46-37)29-14-10-27(11-15-29)28-12-16-30(17-13-28)32-23-45-38(47-32)34-9-7-20-52(34)40(54)36(26(3)4)49-42-55-24-56-42/h10-17,22-23,25-26,33-36,42,49H,6-9,18-21,24H2,1-5H3,(H,43,48)(H,44,46)(H,45,47)/t33-,34-,35-,36-/m0/s1. The lowest BCUT2D eigenvalue weighted by atomic mass is 10.0. The molecular weight excluding hydrogens is 709 g/mol. The molecule has 0 aliphatic carbocycles. The van der Waals surface area contributed by atoms with Gasteiger partial charge in [-0.25, -0.2) is 9.97 Å². The molecule has 2 aromatic heterocycles. The van der Waals surface area contributed by atoms with Crippen LogP contribution in [-0.2, 0) is 19.1 Å². The number of aromatic amines is 2. The van der Waals surface area contributed by atoms with Crippen LogP contribution < -0.4 is 10.6 Å². The van der Waals surface area contributed by atoms with Crippen molar-refractivity contribution in [2.75, 3.05) is 40.0 Å². The summed E-state index contributed by atoms with van der Waals surface area (Å²) in [7, 11) is 2.01. The van der Waals surface area contributed by atoms with E-state index in [2.05, 4.69) is 92.9 Å². The highest BCUT2D eigenvalue weighted by molar-refractivity contribution is 5.90. The van der Waals surface area contributed by atoms with Crippen LogP contribution in [0.25, 0.3) is 33.6 Å². The fourth-order valence-corrected chi connectivity index (χ4v) is 8.25. The van der Waals surface area contributed by atoms with Gasteiger partial charge in [0.1, 0.15) is 17.7 Å². The van der Waals surface area contributed by atoms with Crippen LogP contribution in [0.15, 0.2) is 65.9 Å². The normalized spacial score (nSPS) is 21.2. The van der Waals surface area contributed by atoms with Crippen molar-refractivity contribution in [1.29, 1.82) is 0 Å².